The summed E-state index contributed by atoms with van der Waals surface area (Å²) in [5.74, 6) is 0.536. The zero-order valence-electron chi connectivity index (χ0n) is 20.7. The highest BCUT2D eigenvalue weighted by molar-refractivity contribution is 7.98. The van der Waals surface area contributed by atoms with E-state index in [1.165, 1.54) is 14.2 Å². The number of carbonyl (C=O) groups excluding carboxylic acids is 3. The molecule has 1 unspecified atom stereocenters. The molecule has 7 heteroatoms. The van der Waals surface area contributed by atoms with Gasteiger partial charge in [0.05, 0.1) is 14.2 Å². The van der Waals surface area contributed by atoms with E-state index in [-0.39, 0.29) is 17.7 Å². The van der Waals surface area contributed by atoms with Crippen LogP contribution in [-0.2, 0) is 23.9 Å². The molecule has 0 aromatic carbocycles. The van der Waals surface area contributed by atoms with Crippen molar-refractivity contribution in [2.45, 2.75) is 103 Å². The van der Waals surface area contributed by atoms with Crippen molar-refractivity contribution in [2.24, 2.45) is 0 Å². The Morgan fingerprint density at radius 2 is 1.44 bits per heavy atom. The second-order valence-electron chi connectivity index (χ2n) is 8.15. The molecular weight excluding hydrogens is 426 g/mol. The maximum absolute atomic E-state index is 12.5. The molecule has 0 spiro atoms. The monoisotopic (exact) mass is 471 g/mol. The first-order valence-corrected chi connectivity index (χ1v) is 13.5. The minimum atomic E-state index is -0.426. The first-order valence-electron chi connectivity index (χ1n) is 12.1. The van der Waals surface area contributed by atoms with Gasteiger partial charge in [0.2, 0.25) is 0 Å². The van der Waals surface area contributed by atoms with Crippen molar-refractivity contribution < 1.29 is 23.9 Å². The van der Waals surface area contributed by atoms with Crippen molar-refractivity contribution in [1.82, 2.24) is 5.32 Å². The molecule has 0 aliphatic carbocycles. The SMILES string of the molecule is CCCCCCC(=O)/C=C(/CCCCCCCCC(=O)OC)NC(CCSC)C(=O)OC. The third-order valence-electron chi connectivity index (χ3n) is 5.37. The highest BCUT2D eigenvalue weighted by atomic mass is 32.2. The molecule has 0 aliphatic rings. The lowest BCUT2D eigenvalue weighted by Gasteiger charge is -2.20. The van der Waals surface area contributed by atoms with E-state index in [1.807, 2.05) is 6.26 Å². The second kappa shape index (κ2) is 21.4. The number of rotatable bonds is 21. The van der Waals surface area contributed by atoms with Crippen LogP contribution >= 0.6 is 11.8 Å². The predicted molar refractivity (Wildman–Crippen MR) is 133 cm³/mol. The normalized spacial score (nSPS) is 12.3. The number of methoxy groups -OCH3 is 2. The molecular formula is C25H45NO5S. The number of thioether (sulfide) groups is 1. The van der Waals surface area contributed by atoms with Gasteiger partial charge in [-0.15, -0.1) is 0 Å². The van der Waals surface area contributed by atoms with Crippen LogP contribution < -0.4 is 5.32 Å². The molecule has 0 aliphatic heterocycles. The van der Waals surface area contributed by atoms with Crippen LogP contribution in [0.15, 0.2) is 11.8 Å². The molecule has 186 valence electrons. The third kappa shape index (κ3) is 17.1. The van der Waals surface area contributed by atoms with Crippen LogP contribution in [0.1, 0.15) is 96.8 Å². The Kier molecular flexibility index (Phi) is 20.4. The molecule has 0 aromatic rings. The zero-order chi connectivity index (χ0) is 24.0. The molecule has 1 N–H and O–H groups in total. The number of esters is 2. The van der Waals surface area contributed by atoms with E-state index in [4.69, 9.17) is 4.74 Å². The third-order valence-corrected chi connectivity index (χ3v) is 6.02. The Morgan fingerprint density at radius 3 is 2.03 bits per heavy atom. The maximum atomic E-state index is 12.5. The Bertz CT molecular complexity index is 550. The van der Waals surface area contributed by atoms with Crippen molar-refractivity contribution in [3.05, 3.63) is 11.8 Å². The van der Waals surface area contributed by atoms with Gasteiger partial charge in [-0.3, -0.25) is 9.59 Å². The minimum Gasteiger partial charge on any atom is -0.469 e. The van der Waals surface area contributed by atoms with E-state index in [9.17, 15) is 14.4 Å². The average Bonchev–Trinajstić information content (AvgIpc) is 2.80. The molecule has 0 heterocycles. The number of carbonyl (C=O) groups is 3. The molecule has 1 atom stereocenters. The first-order chi connectivity index (χ1) is 15.5. The van der Waals surface area contributed by atoms with Gasteiger partial charge in [0.25, 0.3) is 0 Å². The van der Waals surface area contributed by atoms with E-state index in [2.05, 4.69) is 17.0 Å². The Hall–Kier alpha value is -1.50. The predicted octanol–water partition coefficient (Wildman–Crippen LogP) is 5.59. The zero-order valence-corrected chi connectivity index (χ0v) is 21.5. The van der Waals surface area contributed by atoms with E-state index < -0.39 is 6.04 Å². The topological polar surface area (TPSA) is 81.7 Å². The molecule has 6 nitrogen and oxygen atoms in total. The van der Waals surface area contributed by atoms with Crippen LogP contribution in [0.3, 0.4) is 0 Å². The highest BCUT2D eigenvalue weighted by Gasteiger charge is 2.19. The van der Waals surface area contributed by atoms with Crippen LogP contribution in [0, 0.1) is 0 Å². The van der Waals surface area contributed by atoms with Gasteiger partial charge in [0.1, 0.15) is 6.04 Å². The first kappa shape index (κ1) is 30.5. The van der Waals surface area contributed by atoms with E-state index in [1.54, 1.807) is 17.8 Å². The van der Waals surface area contributed by atoms with Gasteiger partial charge in [-0.25, -0.2) is 4.79 Å². The van der Waals surface area contributed by atoms with Gasteiger partial charge >= 0.3 is 11.9 Å². The van der Waals surface area contributed by atoms with E-state index >= 15 is 0 Å². The quantitative estimate of drug-likeness (QED) is 0.133. The summed E-state index contributed by atoms with van der Waals surface area (Å²) < 4.78 is 9.61. The molecule has 0 saturated heterocycles. The fourth-order valence-electron chi connectivity index (χ4n) is 3.42. The smallest absolute Gasteiger partial charge is 0.328 e. The molecule has 0 radical (unpaired) electrons. The van der Waals surface area contributed by atoms with Gasteiger partial charge < -0.3 is 14.8 Å². The van der Waals surface area contributed by atoms with Crippen molar-refractivity contribution in [3.63, 3.8) is 0 Å². The molecule has 32 heavy (non-hydrogen) atoms. The van der Waals surface area contributed by atoms with Crippen molar-refractivity contribution in [1.29, 1.82) is 0 Å². The molecule has 0 aromatic heterocycles. The average molecular weight is 472 g/mol. The number of unbranched alkanes of at least 4 members (excludes halogenated alkanes) is 8. The summed E-state index contributed by atoms with van der Waals surface area (Å²) in [6, 6.07) is -0.426. The summed E-state index contributed by atoms with van der Waals surface area (Å²) in [6.45, 7) is 2.16. The summed E-state index contributed by atoms with van der Waals surface area (Å²) in [4.78, 5) is 35.8. The fourth-order valence-corrected chi connectivity index (χ4v) is 3.89. The summed E-state index contributed by atoms with van der Waals surface area (Å²) in [7, 11) is 2.82. The van der Waals surface area contributed by atoms with E-state index in [0.29, 0.717) is 19.3 Å². The lowest BCUT2D eigenvalue weighted by atomic mass is 10.0. The van der Waals surface area contributed by atoms with Crippen LogP contribution in [0.5, 0.6) is 0 Å². The summed E-state index contributed by atoms with van der Waals surface area (Å²) in [5.41, 5.74) is 0.840. The van der Waals surface area contributed by atoms with Gasteiger partial charge in [0, 0.05) is 24.6 Å². The molecule has 0 saturated carbocycles. The number of ether oxygens (including phenoxy) is 2. The molecule has 0 amide bonds. The van der Waals surface area contributed by atoms with Crippen molar-refractivity contribution >= 4 is 29.5 Å². The number of nitrogens with one attached hydrogen (secondary N) is 1. The van der Waals surface area contributed by atoms with Gasteiger partial charge in [-0.05, 0) is 44.1 Å². The van der Waals surface area contributed by atoms with Gasteiger partial charge in [0.15, 0.2) is 5.78 Å². The number of hydrogen-bond acceptors (Lipinski definition) is 7. The van der Waals surface area contributed by atoms with Gasteiger partial charge in [-0.2, -0.15) is 11.8 Å². The maximum Gasteiger partial charge on any atom is 0.328 e. The number of allylic oxidation sites excluding steroid dienone is 2. The Balaban J connectivity index is 4.66. The van der Waals surface area contributed by atoms with Crippen LogP contribution in [0.4, 0.5) is 0 Å². The molecule has 0 fully saturated rings. The standard InChI is InChI=1S/C25H45NO5S/c1-5-6-7-13-16-22(27)20-21(26-23(18-19-32-4)25(29)31-3)15-12-10-8-9-11-14-17-24(28)30-2/h20,23,26H,5-19H2,1-4H3/b21-20-. The number of ketones is 1. The van der Waals surface area contributed by atoms with Crippen molar-refractivity contribution in [3.8, 4) is 0 Å². The fraction of sp³-hybridized carbons (Fsp3) is 0.800. The van der Waals surface area contributed by atoms with Crippen LogP contribution in [-0.4, -0.2) is 50.0 Å². The lowest BCUT2D eigenvalue weighted by Crippen LogP contribution is -2.38. The van der Waals surface area contributed by atoms with Gasteiger partial charge in [-0.1, -0.05) is 51.9 Å². The van der Waals surface area contributed by atoms with Crippen LogP contribution in [0.2, 0.25) is 0 Å². The second-order valence-corrected chi connectivity index (χ2v) is 9.13. The highest BCUT2D eigenvalue weighted by Crippen LogP contribution is 2.14. The molecule has 0 bridgehead atoms. The lowest BCUT2D eigenvalue weighted by molar-refractivity contribution is -0.143. The number of hydrogen-bond donors (Lipinski definition) is 1. The minimum absolute atomic E-state index is 0.125. The van der Waals surface area contributed by atoms with E-state index in [0.717, 1.165) is 82.1 Å². The largest absolute Gasteiger partial charge is 0.469 e. The van der Waals surface area contributed by atoms with Crippen LogP contribution in [0.25, 0.3) is 0 Å². The molecule has 0 rings (SSSR count). The Morgan fingerprint density at radius 1 is 0.844 bits per heavy atom. The Labute approximate surface area is 199 Å². The van der Waals surface area contributed by atoms with Crippen molar-refractivity contribution in [2.75, 3.05) is 26.2 Å². The summed E-state index contributed by atoms with van der Waals surface area (Å²) >= 11 is 1.69. The summed E-state index contributed by atoms with van der Waals surface area (Å²) in [6.07, 6.45) is 16.5. The summed E-state index contributed by atoms with van der Waals surface area (Å²) in [5, 5.41) is 3.30.